The SMILES string of the molecule is CN=C(NCCN1CCN(C(=O)C2CCC2)CC1)NCc1cccc(Cl)c1. The molecule has 2 fully saturated rings. The third-order valence-corrected chi connectivity index (χ3v) is 5.67. The van der Waals surface area contributed by atoms with Crippen molar-refractivity contribution in [3.05, 3.63) is 34.9 Å². The van der Waals surface area contributed by atoms with E-state index in [-0.39, 0.29) is 0 Å². The van der Waals surface area contributed by atoms with Crippen LogP contribution in [0.1, 0.15) is 24.8 Å². The lowest BCUT2D eigenvalue weighted by atomic mass is 9.84. The number of guanidine groups is 1. The number of amides is 1. The molecule has 0 spiro atoms. The van der Waals surface area contributed by atoms with E-state index in [4.69, 9.17) is 11.6 Å². The molecule has 1 aliphatic heterocycles. The van der Waals surface area contributed by atoms with Crippen LogP contribution < -0.4 is 10.6 Å². The summed E-state index contributed by atoms with van der Waals surface area (Å²) < 4.78 is 0. The van der Waals surface area contributed by atoms with Crippen molar-refractivity contribution in [3.8, 4) is 0 Å². The predicted molar refractivity (Wildman–Crippen MR) is 110 cm³/mol. The van der Waals surface area contributed by atoms with Crippen molar-refractivity contribution in [3.63, 3.8) is 0 Å². The van der Waals surface area contributed by atoms with Crippen molar-refractivity contribution in [2.24, 2.45) is 10.9 Å². The van der Waals surface area contributed by atoms with Gasteiger partial charge in [-0.1, -0.05) is 30.2 Å². The first-order chi connectivity index (χ1) is 13.2. The van der Waals surface area contributed by atoms with Gasteiger partial charge < -0.3 is 15.5 Å². The minimum atomic E-state index is 0.312. The molecule has 1 aromatic carbocycles. The van der Waals surface area contributed by atoms with Crippen molar-refractivity contribution < 1.29 is 4.79 Å². The van der Waals surface area contributed by atoms with E-state index >= 15 is 0 Å². The van der Waals surface area contributed by atoms with Gasteiger partial charge in [0, 0.05) is 63.8 Å². The van der Waals surface area contributed by atoms with E-state index in [9.17, 15) is 4.79 Å². The summed E-state index contributed by atoms with van der Waals surface area (Å²) in [7, 11) is 1.78. The molecule has 1 saturated carbocycles. The Labute approximate surface area is 167 Å². The second-order valence-electron chi connectivity index (χ2n) is 7.28. The lowest BCUT2D eigenvalue weighted by Crippen LogP contribution is -2.52. The number of piperazine rings is 1. The maximum absolute atomic E-state index is 12.3. The number of benzene rings is 1. The monoisotopic (exact) mass is 391 g/mol. The summed E-state index contributed by atoms with van der Waals surface area (Å²) in [6.07, 6.45) is 3.39. The molecule has 1 saturated heterocycles. The zero-order chi connectivity index (χ0) is 19.1. The number of hydrogen-bond donors (Lipinski definition) is 2. The second kappa shape index (κ2) is 9.95. The van der Waals surface area contributed by atoms with Crippen LogP contribution in [0, 0.1) is 5.92 Å². The van der Waals surface area contributed by atoms with E-state index in [0.29, 0.717) is 18.4 Å². The highest BCUT2D eigenvalue weighted by Crippen LogP contribution is 2.28. The second-order valence-corrected chi connectivity index (χ2v) is 7.71. The summed E-state index contributed by atoms with van der Waals surface area (Å²) in [5.74, 6) is 1.48. The Morgan fingerprint density at radius 3 is 2.63 bits per heavy atom. The van der Waals surface area contributed by atoms with Crippen molar-refractivity contribution in [2.45, 2.75) is 25.8 Å². The fourth-order valence-electron chi connectivity index (χ4n) is 3.49. The third kappa shape index (κ3) is 5.84. The van der Waals surface area contributed by atoms with Crippen LogP contribution in [0.2, 0.25) is 5.02 Å². The number of hydrogen-bond acceptors (Lipinski definition) is 3. The standard InChI is InChI=1S/C20H30ClN5O/c1-22-20(24-15-16-4-2-7-18(21)14-16)23-8-9-25-10-12-26(13-11-25)19(27)17-5-3-6-17/h2,4,7,14,17H,3,5-6,8-13,15H2,1H3,(H2,22,23,24). The summed E-state index contributed by atoms with van der Waals surface area (Å²) in [4.78, 5) is 21.0. The first kappa shape index (κ1) is 20.0. The van der Waals surface area contributed by atoms with Crippen LogP contribution in [0.5, 0.6) is 0 Å². The largest absolute Gasteiger partial charge is 0.355 e. The Hall–Kier alpha value is -1.79. The van der Waals surface area contributed by atoms with Gasteiger partial charge >= 0.3 is 0 Å². The van der Waals surface area contributed by atoms with Crippen molar-refractivity contribution in [1.82, 2.24) is 20.4 Å². The maximum Gasteiger partial charge on any atom is 0.225 e. The van der Waals surface area contributed by atoms with Crippen molar-refractivity contribution >= 4 is 23.5 Å². The van der Waals surface area contributed by atoms with E-state index < -0.39 is 0 Å². The lowest BCUT2D eigenvalue weighted by Gasteiger charge is -2.38. The summed E-state index contributed by atoms with van der Waals surface area (Å²) in [6.45, 7) is 6.08. The molecule has 1 aliphatic carbocycles. The number of carbonyl (C=O) groups is 1. The maximum atomic E-state index is 12.3. The average Bonchev–Trinajstić information content (AvgIpc) is 2.63. The molecule has 1 amide bonds. The van der Waals surface area contributed by atoms with Crippen molar-refractivity contribution in [2.75, 3.05) is 46.3 Å². The van der Waals surface area contributed by atoms with Gasteiger partial charge in [0.2, 0.25) is 5.91 Å². The van der Waals surface area contributed by atoms with E-state index in [1.165, 1.54) is 6.42 Å². The van der Waals surface area contributed by atoms with Crippen LogP contribution in [0.25, 0.3) is 0 Å². The Morgan fingerprint density at radius 2 is 2.00 bits per heavy atom. The smallest absolute Gasteiger partial charge is 0.225 e. The number of aliphatic imine (C=N–C) groups is 1. The van der Waals surface area contributed by atoms with E-state index in [1.807, 2.05) is 24.3 Å². The van der Waals surface area contributed by atoms with E-state index in [0.717, 1.165) is 68.7 Å². The fraction of sp³-hybridized carbons (Fsp3) is 0.600. The molecule has 1 aromatic rings. The van der Waals surface area contributed by atoms with Gasteiger partial charge in [0.05, 0.1) is 0 Å². The Morgan fingerprint density at radius 1 is 1.22 bits per heavy atom. The predicted octanol–water partition coefficient (Wildman–Crippen LogP) is 1.95. The molecule has 3 rings (SSSR count). The Kier molecular flexibility index (Phi) is 7.35. The van der Waals surface area contributed by atoms with E-state index in [1.54, 1.807) is 7.05 Å². The molecule has 1 heterocycles. The molecule has 2 aliphatic rings. The van der Waals surface area contributed by atoms with Crippen LogP contribution in [0.15, 0.2) is 29.3 Å². The van der Waals surface area contributed by atoms with Gasteiger partial charge in [0.1, 0.15) is 0 Å². The number of rotatable bonds is 6. The molecule has 27 heavy (non-hydrogen) atoms. The van der Waals surface area contributed by atoms with Gasteiger partial charge in [0.25, 0.3) is 0 Å². The Balaban J connectivity index is 1.32. The molecular formula is C20H30ClN5O. The Bertz CT molecular complexity index is 654. The van der Waals surface area contributed by atoms with Gasteiger partial charge in [-0.25, -0.2) is 0 Å². The van der Waals surface area contributed by atoms with Gasteiger partial charge in [-0.05, 0) is 30.5 Å². The number of carbonyl (C=O) groups excluding carboxylic acids is 1. The van der Waals surface area contributed by atoms with E-state index in [2.05, 4.69) is 25.4 Å². The summed E-state index contributed by atoms with van der Waals surface area (Å²) in [5.41, 5.74) is 1.12. The molecule has 148 valence electrons. The normalized spacial score (nSPS) is 18.9. The number of nitrogens with zero attached hydrogens (tertiary/aromatic N) is 3. The van der Waals surface area contributed by atoms with Crippen LogP contribution in [0.4, 0.5) is 0 Å². The first-order valence-corrected chi connectivity index (χ1v) is 10.2. The number of nitrogens with one attached hydrogen (secondary N) is 2. The molecule has 0 atom stereocenters. The van der Waals surface area contributed by atoms with Crippen LogP contribution >= 0.6 is 11.6 Å². The molecule has 7 heteroatoms. The molecule has 0 aromatic heterocycles. The highest BCUT2D eigenvalue weighted by atomic mass is 35.5. The van der Waals surface area contributed by atoms with Crippen molar-refractivity contribution in [1.29, 1.82) is 0 Å². The highest BCUT2D eigenvalue weighted by molar-refractivity contribution is 6.30. The quantitative estimate of drug-likeness (QED) is 0.574. The highest BCUT2D eigenvalue weighted by Gasteiger charge is 2.30. The molecule has 0 unspecified atom stereocenters. The van der Waals surface area contributed by atoms with Crippen LogP contribution in [-0.2, 0) is 11.3 Å². The first-order valence-electron chi connectivity index (χ1n) is 9.86. The number of halogens is 1. The summed E-state index contributed by atoms with van der Waals surface area (Å²) in [6, 6.07) is 7.81. The lowest BCUT2D eigenvalue weighted by molar-refractivity contribution is -0.139. The molecule has 0 radical (unpaired) electrons. The van der Waals surface area contributed by atoms with Crippen LogP contribution in [0.3, 0.4) is 0 Å². The molecule has 2 N–H and O–H groups in total. The van der Waals surface area contributed by atoms with Crippen LogP contribution in [-0.4, -0.2) is 68.0 Å². The zero-order valence-corrected chi connectivity index (χ0v) is 16.8. The van der Waals surface area contributed by atoms with Gasteiger partial charge in [0.15, 0.2) is 5.96 Å². The third-order valence-electron chi connectivity index (χ3n) is 5.43. The fourth-order valence-corrected chi connectivity index (χ4v) is 3.70. The summed E-state index contributed by atoms with van der Waals surface area (Å²) in [5, 5.41) is 7.41. The molecular weight excluding hydrogens is 362 g/mol. The topological polar surface area (TPSA) is 60.0 Å². The van der Waals surface area contributed by atoms with Gasteiger partial charge in [-0.15, -0.1) is 0 Å². The molecule has 6 nitrogen and oxygen atoms in total. The minimum absolute atomic E-state index is 0.312. The molecule has 0 bridgehead atoms. The minimum Gasteiger partial charge on any atom is -0.355 e. The zero-order valence-electron chi connectivity index (χ0n) is 16.1. The van der Waals surface area contributed by atoms with Gasteiger partial charge in [-0.3, -0.25) is 14.7 Å². The van der Waals surface area contributed by atoms with Gasteiger partial charge in [-0.2, -0.15) is 0 Å². The summed E-state index contributed by atoms with van der Waals surface area (Å²) >= 11 is 6.02. The average molecular weight is 392 g/mol.